The van der Waals surface area contributed by atoms with Gasteiger partial charge in [-0.2, -0.15) is 10.5 Å². The first-order valence-corrected chi connectivity index (χ1v) is 16.8. The van der Waals surface area contributed by atoms with Gasteiger partial charge in [0, 0.05) is 34.3 Å². The molecule has 12 heteroatoms. The van der Waals surface area contributed by atoms with Gasteiger partial charge in [0.15, 0.2) is 0 Å². The Balaban J connectivity index is 1.26. The van der Waals surface area contributed by atoms with Crippen molar-refractivity contribution in [3.8, 4) is 47.5 Å². The normalized spacial score (nSPS) is 13.4. The van der Waals surface area contributed by atoms with E-state index in [1.54, 1.807) is 22.7 Å². The van der Waals surface area contributed by atoms with Gasteiger partial charge >= 0.3 is 5.84 Å². The molecule has 0 unspecified atom stereocenters. The van der Waals surface area contributed by atoms with Crippen molar-refractivity contribution in [2.45, 2.75) is 19.3 Å². The summed E-state index contributed by atoms with van der Waals surface area (Å²) in [5.74, 6) is -0.153. The molecule has 0 bridgehead atoms. The van der Waals surface area contributed by atoms with E-state index in [2.05, 4.69) is 40.8 Å². The molecule has 7 rings (SSSR count). The van der Waals surface area contributed by atoms with Crippen molar-refractivity contribution in [3.63, 3.8) is 0 Å². The SMILES string of the molecule is [C-]#[N+]C(C#N)=Nc1ccc(-c2cc3sc4c(c3s2)C(C)(C)c2c-4sc3cc(-c4ccc(N=C(C#N)C#N)s4)sc23)s1. The summed E-state index contributed by atoms with van der Waals surface area (Å²) >= 11 is 10.3. The molecule has 0 aromatic carbocycles. The van der Waals surface area contributed by atoms with Crippen molar-refractivity contribution in [3.05, 3.63) is 58.9 Å². The second-order valence-electron chi connectivity index (χ2n) is 9.46. The van der Waals surface area contributed by atoms with Crippen LogP contribution in [0.4, 0.5) is 10.0 Å². The lowest BCUT2D eigenvalue weighted by Crippen LogP contribution is -2.14. The molecule has 1 aliphatic rings. The van der Waals surface area contributed by atoms with Gasteiger partial charge in [0.05, 0.1) is 19.2 Å². The highest BCUT2D eigenvalue weighted by molar-refractivity contribution is 7.37. The van der Waals surface area contributed by atoms with Crippen molar-refractivity contribution in [2.24, 2.45) is 9.98 Å². The number of rotatable bonds is 4. The summed E-state index contributed by atoms with van der Waals surface area (Å²) in [7, 11) is 0. The zero-order valence-electron chi connectivity index (χ0n) is 21.1. The van der Waals surface area contributed by atoms with E-state index in [9.17, 15) is 0 Å². The van der Waals surface area contributed by atoms with E-state index in [4.69, 9.17) is 22.4 Å². The third kappa shape index (κ3) is 4.01. The molecule has 0 fully saturated rings. The van der Waals surface area contributed by atoms with Crippen LogP contribution in [0.3, 0.4) is 0 Å². The highest BCUT2D eigenvalue weighted by Crippen LogP contribution is 2.63. The van der Waals surface area contributed by atoms with Crippen LogP contribution in [0.5, 0.6) is 0 Å². The number of nitriles is 3. The Hall–Kier alpha value is -3.98. The zero-order valence-corrected chi connectivity index (χ0v) is 26.0. The van der Waals surface area contributed by atoms with Crippen LogP contribution in [0.2, 0.25) is 0 Å². The number of hydrogen-bond donors (Lipinski definition) is 0. The van der Waals surface area contributed by atoms with Gasteiger partial charge in [0.2, 0.25) is 10.7 Å². The van der Waals surface area contributed by atoms with Crippen LogP contribution in [0.15, 0.2) is 46.4 Å². The van der Waals surface area contributed by atoms with E-state index in [1.807, 2.05) is 65.1 Å². The molecular formula is C29H12N6S6. The highest BCUT2D eigenvalue weighted by Gasteiger charge is 2.43. The minimum Gasteiger partial charge on any atom is -0.351 e. The zero-order chi connectivity index (χ0) is 28.5. The smallest absolute Gasteiger partial charge is 0.350 e. The lowest BCUT2D eigenvalue weighted by molar-refractivity contribution is 0.676. The van der Waals surface area contributed by atoms with Crippen LogP contribution < -0.4 is 0 Å². The van der Waals surface area contributed by atoms with Crippen LogP contribution in [0, 0.1) is 40.6 Å². The molecule has 0 radical (unpaired) electrons. The maximum atomic E-state index is 9.04. The fourth-order valence-corrected chi connectivity index (χ4v) is 13.0. The van der Waals surface area contributed by atoms with Crippen LogP contribution >= 0.6 is 68.0 Å². The van der Waals surface area contributed by atoms with Gasteiger partial charge in [-0.05, 0) is 47.5 Å². The predicted octanol–water partition coefficient (Wildman–Crippen LogP) is 10.6. The third-order valence-electron chi connectivity index (χ3n) is 6.71. The first kappa shape index (κ1) is 26.0. The number of aliphatic imine (C=N–C) groups is 2. The summed E-state index contributed by atoms with van der Waals surface area (Å²) in [4.78, 5) is 18.7. The monoisotopic (exact) mass is 636 g/mol. The number of fused-ring (bicyclic) bond motifs is 7. The summed E-state index contributed by atoms with van der Waals surface area (Å²) in [5.41, 5.74) is 2.51. The van der Waals surface area contributed by atoms with Gasteiger partial charge < -0.3 is 4.85 Å². The van der Waals surface area contributed by atoms with E-state index in [0.717, 1.165) is 9.75 Å². The van der Waals surface area contributed by atoms with E-state index in [-0.39, 0.29) is 17.0 Å². The molecule has 0 saturated carbocycles. The number of nitrogens with zero attached hydrogens (tertiary/aromatic N) is 6. The van der Waals surface area contributed by atoms with Crippen molar-refractivity contribution in [1.82, 2.24) is 0 Å². The van der Waals surface area contributed by atoms with Crippen LogP contribution in [0.1, 0.15) is 25.0 Å². The van der Waals surface area contributed by atoms with Gasteiger partial charge in [-0.3, -0.25) is 0 Å². The highest BCUT2D eigenvalue weighted by atomic mass is 32.1. The predicted molar refractivity (Wildman–Crippen MR) is 175 cm³/mol. The molecule has 6 aromatic rings. The van der Waals surface area contributed by atoms with E-state index in [0.29, 0.717) is 10.0 Å². The molecule has 41 heavy (non-hydrogen) atoms. The van der Waals surface area contributed by atoms with E-state index in [1.165, 1.54) is 72.1 Å². The summed E-state index contributed by atoms with van der Waals surface area (Å²) in [6.45, 7) is 11.7. The van der Waals surface area contributed by atoms with Gasteiger partial charge in [-0.1, -0.05) is 36.7 Å². The Labute approximate surface area is 258 Å². The molecule has 0 aliphatic heterocycles. The molecule has 0 saturated heterocycles. The van der Waals surface area contributed by atoms with Gasteiger partial charge in [-0.15, -0.1) is 56.7 Å². The van der Waals surface area contributed by atoms with E-state index >= 15 is 0 Å². The maximum Gasteiger partial charge on any atom is 0.350 e. The number of thiophene rings is 6. The Morgan fingerprint density at radius 3 is 1.68 bits per heavy atom. The molecule has 0 spiro atoms. The fraction of sp³-hybridized carbons (Fsp3) is 0.103. The molecule has 6 nitrogen and oxygen atoms in total. The summed E-state index contributed by atoms with van der Waals surface area (Å²) in [6.07, 6.45) is 0. The topological polar surface area (TPSA) is 100 Å². The summed E-state index contributed by atoms with van der Waals surface area (Å²) in [6, 6.07) is 17.7. The molecular weight excluding hydrogens is 625 g/mol. The summed E-state index contributed by atoms with van der Waals surface area (Å²) in [5, 5.41) is 28.4. The largest absolute Gasteiger partial charge is 0.351 e. The summed E-state index contributed by atoms with van der Waals surface area (Å²) < 4.78 is 5.20. The third-order valence-corrected chi connectivity index (χ3v) is 14.1. The molecule has 0 atom stereocenters. The van der Waals surface area contributed by atoms with Crippen molar-refractivity contribution in [2.75, 3.05) is 0 Å². The fourth-order valence-electron chi connectivity index (χ4n) is 5.00. The quantitative estimate of drug-likeness (QED) is 0.109. The maximum absolute atomic E-state index is 9.04. The minimum absolute atomic E-state index is 0.138. The average Bonchev–Trinajstić information content (AvgIpc) is 3.78. The first-order valence-electron chi connectivity index (χ1n) is 11.9. The van der Waals surface area contributed by atoms with Crippen molar-refractivity contribution < 1.29 is 0 Å². The molecule has 0 amide bonds. The van der Waals surface area contributed by atoms with Crippen molar-refractivity contribution >= 4 is 108 Å². The Morgan fingerprint density at radius 1 is 0.707 bits per heavy atom. The first-order chi connectivity index (χ1) is 19.8. The Morgan fingerprint density at radius 2 is 1.22 bits per heavy atom. The average molecular weight is 637 g/mol. The van der Waals surface area contributed by atoms with Gasteiger partial charge in [0.1, 0.15) is 23.2 Å². The van der Waals surface area contributed by atoms with Crippen LogP contribution in [0.25, 0.3) is 52.9 Å². The van der Waals surface area contributed by atoms with Crippen LogP contribution in [-0.4, -0.2) is 11.5 Å². The standard InChI is InChI=1S/C29H12N6S6/c1-29(2)23-25-18(8-16(38-25)14-4-6-21(36-14)34-13(10-30)11-31)40-27(23)28-24(29)26-19(41-28)9-17(39-26)15-5-7-22(37-15)35-20(12-32)33-3/h4-9H,1-2H3. The number of amidine groups is 1. The molecule has 1 aliphatic carbocycles. The molecule has 0 N–H and O–H groups in total. The van der Waals surface area contributed by atoms with Crippen LogP contribution in [-0.2, 0) is 5.41 Å². The van der Waals surface area contributed by atoms with Gasteiger partial charge in [-0.25, -0.2) is 10.3 Å². The Kier molecular flexibility index (Phi) is 6.04. The minimum atomic E-state index is -0.153. The second-order valence-corrected chi connectivity index (χ2v) is 15.8. The lowest BCUT2D eigenvalue weighted by Gasteiger charge is -2.20. The number of hydrogen-bond acceptors (Lipinski definition) is 11. The molecule has 6 aromatic heterocycles. The second kappa shape index (κ2) is 9.55. The van der Waals surface area contributed by atoms with Crippen molar-refractivity contribution in [1.29, 1.82) is 15.8 Å². The Bertz CT molecular complexity index is 2100. The van der Waals surface area contributed by atoms with E-state index < -0.39 is 0 Å². The molecule has 194 valence electrons. The van der Waals surface area contributed by atoms with Gasteiger partial charge in [0.25, 0.3) is 0 Å². The lowest BCUT2D eigenvalue weighted by atomic mass is 9.84. The molecule has 6 heterocycles.